The summed E-state index contributed by atoms with van der Waals surface area (Å²) in [6, 6.07) is 18.7. The quantitative estimate of drug-likeness (QED) is 0.690. The van der Waals surface area contributed by atoms with Crippen molar-refractivity contribution in [3.8, 4) is 11.1 Å². The van der Waals surface area contributed by atoms with Crippen LogP contribution in [0.25, 0.3) is 11.1 Å². The molecule has 14 heavy (non-hydrogen) atoms. The third-order valence-electron chi connectivity index (χ3n) is 1.95. The highest BCUT2D eigenvalue weighted by atomic mass is 79.9. The van der Waals surface area contributed by atoms with Crippen LogP contribution in [0.5, 0.6) is 0 Å². The van der Waals surface area contributed by atoms with Gasteiger partial charge in [-0.1, -0.05) is 58.4 Å². The van der Waals surface area contributed by atoms with Crippen LogP contribution in [0.4, 0.5) is 0 Å². The van der Waals surface area contributed by atoms with Gasteiger partial charge in [-0.25, -0.2) is 0 Å². The van der Waals surface area contributed by atoms with E-state index < -0.39 is 0 Å². The molecule has 0 N–H and O–H groups in total. The molecule has 0 nitrogen and oxygen atoms in total. The minimum Gasteiger partial charge on any atom is -0.0622 e. The third-order valence-corrected chi connectivity index (χ3v) is 2.48. The summed E-state index contributed by atoms with van der Waals surface area (Å²) in [5, 5.41) is 0. The predicted molar refractivity (Wildman–Crippen MR) is 68.1 cm³/mol. The Morgan fingerprint density at radius 1 is 0.643 bits per heavy atom. The van der Waals surface area contributed by atoms with Gasteiger partial charge in [0.2, 0.25) is 0 Å². The summed E-state index contributed by atoms with van der Waals surface area (Å²) < 4.78 is 1.12. The Kier molecular flexibility index (Phi) is 4.65. The van der Waals surface area contributed by atoms with E-state index in [1.54, 1.807) is 0 Å². The summed E-state index contributed by atoms with van der Waals surface area (Å²) in [6.07, 6.45) is 0. The molecule has 0 saturated carbocycles. The van der Waals surface area contributed by atoms with Crippen LogP contribution in [-0.2, 0) is 0 Å². The van der Waals surface area contributed by atoms with Gasteiger partial charge in [0, 0.05) is 4.47 Å². The van der Waals surface area contributed by atoms with E-state index in [2.05, 4.69) is 64.5 Å². The van der Waals surface area contributed by atoms with Crippen LogP contribution in [0.1, 0.15) is 0 Å². The SMILES string of the molecule is Brc1ccc(-c2ccccc2)cc1.[MgH2]. The molecule has 2 heteroatoms. The van der Waals surface area contributed by atoms with Crippen molar-refractivity contribution in [2.45, 2.75) is 0 Å². The average Bonchev–Trinajstić information content (AvgIpc) is 2.20. The highest BCUT2D eigenvalue weighted by Crippen LogP contribution is 2.20. The molecule has 2 aromatic rings. The molecule has 0 radical (unpaired) electrons. The fraction of sp³-hybridized carbons (Fsp3) is 0. The van der Waals surface area contributed by atoms with Crippen molar-refractivity contribution in [2.75, 3.05) is 0 Å². The van der Waals surface area contributed by atoms with Gasteiger partial charge in [0.1, 0.15) is 0 Å². The van der Waals surface area contributed by atoms with Gasteiger partial charge < -0.3 is 0 Å². The highest BCUT2D eigenvalue weighted by Gasteiger charge is 1.94. The van der Waals surface area contributed by atoms with Gasteiger partial charge in [-0.05, 0) is 23.3 Å². The number of hydrogen-bond donors (Lipinski definition) is 0. The smallest absolute Gasteiger partial charge is 0.0622 e. The van der Waals surface area contributed by atoms with E-state index in [-0.39, 0.29) is 23.1 Å². The van der Waals surface area contributed by atoms with Crippen LogP contribution in [0.3, 0.4) is 0 Å². The summed E-state index contributed by atoms with van der Waals surface area (Å²) in [5.74, 6) is 0. The standard InChI is InChI=1S/C12H9Br.Mg.2H/c13-12-8-6-11(7-9-12)10-4-2-1-3-5-10;;;/h1-9H;;;. The molecule has 2 aromatic carbocycles. The molecule has 0 saturated heterocycles. The maximum atomic E-state index is 3.42. The van der Waals surface area contributed by atoms with Crippen LogP contribution in [0, 0.1) is 0 Å². The zero-order chi connectivity index (χ0) is 9.10. The lowest BCUT2D eigenvalue weighted by molar-refractivity contribution is 1.59. The molecule has 0 amide bonds. The second-order valence-electron chi connectivity index (χ2n) is 2.87. The Morgan fingerprint density at radius 3 is 1.71 bits per heavy atom. The zero-order valence-electron chi connectivity index (χ0n) is 7.07. The highest BCUT2D eigenvalue weighted by molar-refractivity contribution is 9.10. The van der Waals surface area contributed by atoms with Crippen molar-refractivity contribution in [3.63, 3.8) is 0 Å². The van der Waals surface area contributed by atoms with E-state index in [0.717, 1.165) is 4.47 Å². The lowest BCUT2D eigenvalue weighted by Gasteiger charge is -2.00. The fourth-order valence-corrected chi connectivity index (χ4v) is 1.54. The Labute approximate surface area is 109 Å². The molecule has 0 unspecified atom stereocenters. The molecule has 0 atom stereocenters. The molecular formula is C12H11BrMg. The first-order valence-corrected chi connectivity index (χ1v) is 4.96. The van der Waals surface area contributed by atoms with Gasteiger partial charge in [-0.2, -0.15) is 0 Å². The molecule has 0 aliphatic heterocycles. The van der Waals surface area contributed by atoms with Gasteiger partial charge >= 0.3 is 23.1 Å². The van der Waals surface area contributed by atoms with E-state index in [4.69, 9.17) is 0 Å². The van der Waals surface area contributed by atoms with Crippen LogP contribution in [-0.4, -0.2) is 23.1 Å². The van der Waals surface area contributed by atoms with Crippen molar-refractivity contribution < 1.29 is 0 Å². The van der Waals surface area contributed by atoms with E-state index in [9.17, 15) is 0 Å². The molecule has 0 aliphatic carbocycles. The van der Waals surface area contributed by atoms with Crippen LogP contribution < -0.4 is 0 Å². The summed E-state index contributed by atoms with van der Waals surface area (Å²) in [6.45, 7) is 0. The Hall–Kier alpha value is -0.314. The number of hydrogen-bond acceptors (Lipinski definition) is 0. The third kappa shape index (κ3) is 2.84. The maximum Gasteiger partial charge on any atom is 0.316 e. The molecule has 0 bridgehead atoms. The van der Waals surface area contributed by atoms with Crippen LogP contribution >= 0.6 is 15.9 Å². The monoisotopic (exact) mass is 258 g/mol. The van der Waals surface area contributed by atoms with Gasteiger partial charge in [0.15, 0.2) is 0 Å². The van der Waals surface area contributed by atoms with Crippen LogP contribution in [0.15, 0.2) is 59.1 Å². The first kappa shape index (κ1) is 11.8. The normalized spacial score (nSPS) is 9.21. The lowest BCUT2D eigenvalue weighted by Crippen LogP contribution is -1.75. The van der Waals surface area contributed by atoms with Crippen molar-refractivity contribution in [1.29, 1.82) is 0 Å². The molecule has 0 spiro atoms. The summed E-state index contributed by atoms with van der Waals surface area (Å²) in [4.78, 5) is 0. The van der Waals surface area contributed by atoms with E-state index in [1.165, 1.54) is 11.1 Å². The maximum absolute atomic E-state index is 3.42. The van der Waals surface area contributed by atoms with Gasteiger partial charge in [0.05, 0.1) is 0 Å². The Bertz CT molecular complexity index is 381. The van der Waals surface area contributed by atoms with Gasteiger partial charge in [-0.3, -0.25) is 0 Å². The largest absolute Gasteiger partial charge is 0.316 e. The topological polar surface area (TPSA) is 0 Å². The number of benzene rings is 2. The lowest BCUT2D eigenvalue weighted by atomic mass is 10.1. The average molecular weight is 259 g/mol. The van der Waals surface area contributed by atoms with E-state index >= 15 is 0 Å². The second kappa shape index (κ2) is 5.54. The zero-order valence-corrected chi connectivity index (χ0v) is 8.66. The van der Waals surface area contributed by atoms with Crippen molar-refractivity contribution in [1.82, 2.24) is 0 Å². The molecule has 68 valence electrons. The van der Waals surface area contributed by atoms with Gasteiger partial charge in [0.25, 0.3) is 0 Å². The Balaban J connectivity index is 0.000000980. The van der Waals surface area contributed by atoms with Crippen molar-refractivity contribution >= 4 is 39.0 Å². The minimum absolute atomic E-state index is 0. The summed E-state index contributed by atoms with van der Waals surface area (Å²) >= 11 is 3.42. The first-order valence-electron chi connectivity index (χ1n) is 4.17. The molecule has 0 aliphatic rings. The van der Waals surface area contributed by atoms with Gasteiger partial charge in [-0.15, -0.1) is 0 Å². The fourth-order valence-electron chi connectivity index (χ4n) is 1.27. The van der Waals surface area contributed by atoms with Crippen LogP contribution in [0.2, 0.25) is 0 Å². The van der Waals surface area contributed by atoms with Crippen molar-refractivity contribution in [2.24, 2.45) is 0 Å². The molecule has 0 aromatic heterocycles. The summed E-state index contributed by atoms with van der Waals surface area (Å²) in [5.41, 5.74) is 2.51. The number of halogens is 1. The van der Waals surface area contributed by atoms with Crippen molar-refractivity contribution in [3.05, 3.63) is 59.1 Å². The van der Waals surface area contributed by atoms with E-state index in [0.29, 0.717) is 0 Å². The number of rotatable bonds is 1. The summed E-state index contributed by atoms with van der Waals surface area (Å²) in [7, 11) is 0. The predicted octanol–water partition coefficient (Wildman–Crippen LogP) is 3.20. The van der Waals surface area contributed by atoms with E-state index in [1.807, 2.05) is 6.07 Å². The molecular weight excluding hydrogens is 248 g/mol. The Morgan fingerprint density at radius 2 is 1.14 bits per heavy atom. The molecule has 0 fully saturated rings. The molecule has 2 rings (SSSR count). The second-order valence-corrected chi connectivity index (χ2v) is 3.79. The first-order chi connectivity index (χ1) is 6.36. The molecule has 0 heterocycles. The minimum atomic E-state index is 0.